The number of carbonyl (C=O) groups is 1. The predicted molar refractivity (Wildman–Crippen MR) is 76.4 cm³/mol. The van der Waals surface area contributed by atoms with Crippen LogP contribution >= 0.6 is 23.1 Å². The van der Waals surface area contributed by atoms with Gasteiger partial charge in [-0.05, 0) is 36.8 Å². The first-order valence-corrected chi connectivity index (χ1v) is 8.02. The lowest BCUT2D eigenvalue weighted by molar-refractivity contribution is -0.133. The van der Waals surface area contributed by atoms with Crippen LogP contribution in [0, 0.1) is 0 Å². The molecule has 5 heteroatoms. The summed E-state index contributed by atoms with van der Waals surface area (Å²) in [6.45, 7) is 3.39. The lowest BCUT2D eigenvalue weighted by Gasteiger charge is -2.23. The standard InChI is InChI=1S/C12H20N2OS2/c1-3-14(9-10-5-4-7-17-10)12(15)11(13)6-8-16-2/h4-5,7,11H,3,6,8-9,13H2,1-2H3/t11-/m0/s1. The molecule has 0 radical (unpaired) electrons. The lowest BCUT2D eigenvalue weighted by atomic mass is 10.2. The van der Waals surface area contributed by atoms with Crippen LogP contribution in [0.5, 0.6) is 0 Å². The molecule has 0 unspecified atom stereocenters. The Bertz CT molecular complexity index is 327. The molecule has 1 amide bonds. The molecule has 17 heavy (non-hydrogen) atoms. The molecule has 2 N–H and O–H groups in total. The summed E-state index contributed by atoms with van der Waals surface area (Å²) < 4.78 is 0. The molecule has 1 aromatic rings. The molecule has 0 bridgehead atoms. The lowest BCUT2D eigenvalue weighted by Crippen LogP contribution is -2.43. The molecule has 1 atom stereocenters. The third-order valence-corrected chi connectivity index (χ3v) is 4.08. The van der Waals surface area contributed by atoms with Gasteiger partial charge in [0.2, 0.25) is 5.91 Å². The summed E-state index contributed by atoms with van der Waals surface area (Å²) >= 11 is 3.40. The van der Waals surface area contributed by atoms with E-state index in [1.165, 1.54) is 4.88 Å². The number of thiophene rings is 1. The first-order chi connectivity index (χ1) is 8.19. The number of likely N-dealkylation sites (N-methyl/N-ethyl adjacent to an activating group) is 1. The van der Waals surface area contributed by atoms with Crippen molar-refractivity contribution in [2.45, 2.75) is 25.9 Å². The van der Waals surface area contributed by atoms with E-state index in [0.717, 1.165) is 12.2 Å². The van der Waals surface area contributed by atoms with Crippen molar-refractivity contribution in [3.63, 3.8) is 0 Å². The molecule has 96 valence electrons. The van der Waals surface area contributed by atoms with Crippen LogP contribution in [0.1, 0.15) is 18.2 Å². The van der Waals surface area contributed by atoms with Gasteiger partial charge >= 0.3 is 0 Å². The van der Waals surface area contributed by atoms with Crippen molar-refractivity contribution in [2.75, 3.05) is 18.6 Å². The van der Waals surface area contributed by atoms with Crippen LogP contribution in [-0.4, -0.2) is 35.4 Å². The molecular weight excluding hydrogens is 252 g/mol. The highest BCUT2D eigenvalue weighted by Gasteiger charge is 2.19. The van der Waals surface area contributed by atoms with Gasteiger partial charge in [-0.15, -0.1) is 11.3 Å². The first-order valence-electron chi connectivity index (χ1n) is 5.74. The Balaban J connectivity index is 2.51. The Hall–Kier alpha value is -0.520. The Kier molecular flexibility index (Phi) is 6.62. The van der Waals surface area contributed by atoms with Gasteiger partial charge in [-0.3, -0.25) is 4.79 Å². The summed E-state index contributed by atoms with van der Waals surface area (Å²) in [5, 5.41) is 2.03. The van der Waals surface area contributed by atoms with Gasteiger partial charge in [0.05, 0.1) is 12.6 Å². The molecule has 0 saturated heterocycles. The van der Waals surface area contributed by atoms with E-state index in [0.29, 0.717) is 13.1 Å². The molecule has 0 saturated carbocycles. The van der Waals surface area contributed by atoms with Crippen molar-refractivity contribution >= 4 is 29.0 Å². The van der Waals surface area contributed by atoms with Crippen molar-refractivity contribution in [3.8, 4) is 0 Å². The van der Waals surface area contributed by atoms with Crippen LogP contribution in [0.2, 0.25) is 0 Å². The minimum Gasteiger partial charge on any atom is -0.336 e. The van der Waals surface area contributed by atoms with Crippen LogP contribution in [0.3, 0.4) is 0 Å². The first kappa shape index (κ1) is 14.5. The van der Waals surface area contributed by atoms with Gasteiger partial charge in [-0.2, -0.15) is 11.8 Å². The van der Waals surface area contributed by atoms with Gasteiger partial charge in [-0.25, -0.2) is 0 Å². The maximum Gasteiger partial charge on any atom is 0.239 e. The Labute approximate surface area is 111 Å². The number of nitrogens with two attached hydrogens (primary N) is 1. The largest absolute Gasteiger partial charge is 0.336 e. The van der Waals surface area contributed by atoms with E-state index in [1.807, 2.05) is 35.6 Å². The van der Waals surface area contributed by atoms with Gasteiger partial charge in [0.15, 0.2) is 0 Å². The van der Waals surface area contributed by atoms with Crippen LogP contribution in [0.25, 0.3) is 0 Å². The van der Waals surface area contributed by atoms with Gasteiger partial charge in [0.25, 0.3) is 0 Å². The molecular formula is C12H20N2OS2. The average Bonchev–Trinajstić information content (AvgIpc) is 2.84. The Morgan fingerprint density at radius 2 is 2.41 bits per heavy atom. The van der Waals surface area contributed by atoms with Gasteiger partial charge in [0, 0.05) is 11.4 Å². The van der Waals surface area contributed by atoms with Gasteiger partial charge in [0.1, 0.15) is 0 Å². The SMILES string of the molecule is CCN(Cc1cccs1)C(=O)[C@@H](N)CCSC. The van der Waals surface area contributed by atoms with Crippen LogP contribution in [0.15, 0.2) is 17.5 Å². The van der Waals surface area contributed by atoms with E-state index < -0.39 is 0 Å². The summed E-state index contributed by atoms with van der Waals surface area (Å²) in [5.74, 6) is 0.999. The topological polar surface area (TPSA) is 46.3 Å². The number of hydrogen-bond donors (Lipinski definition) is 1. The fourth-order valence-electron chi connectivity index (χ4n) is 1.54. The molecule has 0 aliphatic rings. The smallest absolute Gasteiger partial charge is 0.239 e. The molecule has 1 heterocycles. The van der Waals surface area contributed by atoms with E-state index in [4.69, 9.17) is 5.73 Å². The van der Waals surface area contributed by atoms with Crippen molar-refractivity contribution in [3.05, 3.63) is 22.4 Å². The number of hydrogen-bond acceptors (Lipinski definition) is 4. The number of amides is 1. The highest BCUT2D eigenvalue weighted by atomic mass is 32.2. The summed E-state index contributed by atoms with van der Waals surface area (Å²) in [4.78, 5) is 15.1. The molecule has 3 nitrogen and oxygen atoms in total. The van der Waals surface area contributed by atoms with Crippen LogP contribution in [-0.2, 0) is 11.3 Å². The highest BCUT2D eigenvalue weighted by Crippen LogP contribution is 2.13. The molecule has 1 rings (SSSR count). The minimum atomic E-state index is -0.359. The number of nitrogens with zero attached hydrogens (tertiary/aromatic N) is 1. The van der Waals surface area contributed by atoms with Gasteiger partial charge in [-0.1, -0.05) is 6.07 Å². The maximum atomic E-state index is 12.1. The average molecular weight is 272 g/mol. The van der Waals surface area contributed by atoms with E-state index >= 15 is 0 Å². The van der Waals surface area contributed by atoms with E-state index in [1.54, 1.807) is 23.1 Å². The third kappa shape index (κ3) is 4.69. The molecule has 0 spiro atoms. The summed E-state index contributed by atoms with van der Waals surface area (Å²) in [6.07, 6.45) is 2.78. The molecule has 1 aromatic heterocycles. The van der Waals surface area contributed by atoms with Crippen LogP contribution in [0.4, 0.5) is 0 Å². The van der Waals surface area contributed by atoms with E-state index in [9.17, 15) is 4.79 Å². The van der Waals surface area contributed by atoms with Crippen LogP contribution < -0.4 is 5.73 Å². The highest BCUT2D eigenvalue weighted by molar-refractivity contribution is 7.98. The predicted octanol–water partition coefficient (Wildman–Crippen LogP) is 2.18. The quantitative estimate of drug-likeness (QED) is 0.827. The summed E-state index contributed by atoms with van der Waals surface area (Å²) in [7, 11) is 0. The van der Waals surface area contributed by atoms with Crippen molar-refractivity contribution < 1.29 is 4.79 Å². The fraction of sp³-hybridized carbons (Fsp3) is 0.583. The third-order valence-electron chi connectivity index (χ3n) is 2.57. The van der Waals surface area contributed by atoms with E-state index in [-0.39, 0.29) is 11.9 Å². The number of carbonyl (C=O) groups excluding carboxylic acids is 1. The summed E-state index contributed by atoms with van der Waals surface area (Å²) in [5.41, 5.74) is 5.91. The second-order valence-corrected chi connectivity index (χ2v) is 5.84. The summed E-state index contributed by atoms with van der Waals surface area (Å²) in [6, 6.07) is 3.70. The van der Waals surface area contributed by atoms with Crippen molar-refractivity contribution in [2.24, 2.45) is 5.73 Å². The van der Waals surface area contributed by atoms with Crippen molar-refractivity contribution in [1.29, 1.82) is 0 Å². The fourth-order valence-corrected chi connectivity index (χ4v) is 2.75. The number of rotatable bonds is 7. The second kappa shape index (κ2) is 7.74. The normalized spacial score (nSPS) is 12.4. The maximum absolute atomic E-state index is 12.1. The van der Waals surface area contributed by atoms with Gasteiger partial charge < -0.3 is 10.6 Å². The zero-order valence-corrected chi connectivity index (χ0v) is 12.0. The monoisotopic (exact) mass is 272 g/mol. The zero-order chi connectivity index (χ0) is 12.7. The molecule has 0 aromatic carbocycles. The molecule has 0 aliphatic carbocycles. The molecule has 0 aliphatic heterocycles. The Morgan fingerprint density at radius 1 is 1.65 bits per heavy atom. The second-order valence-electron chi connectivity index (χ2n) is 3.82. The van der Waals surface area contributed by atoms with Crippen molar-refractivity contribution in [1.82, 2.24) is 4.90 Å². The van der Waals surface area contributed by atoms with E-state index in [2.05, 4.69) is 0 Å². The minimum absolute atomic E-state index is 0.0648. The molecule has 0 fully saturated rings. The number of thioether (sulfide) groups is 1. The zero-order valence-electron chi connectivity index (χ0n) is 10.4. The Morgan fingerprint density at radius 3 is 2.94 bits per heavy atom.